The van der Waals surface area contributed by atoms with Gasteiger partial charge in [-0.1, -0.05) is 6.07 Å². The van der Waals surface area contributed by atoms with Gasteiger partial charge in [-0.3, -0.25) is 4.40 Å². The average Bonchev–Trinajstić information content (AvgIpc) is 2.56. The number of nitrogens with zero attached hydrogens (tertiary/aromatic N) is 3. The van der Waals surface area contributed by atoms with E-state index in [0.717, 1.165) is 0 Å². The second-order valence-corrected chi connectivity index (χ2v) is 3.41. The second-order valence-electron chi connectivity index (χ2n) is 3.41. The molecular weight excluding hydrogens is 194 g/mol. The van der Waals surface area contributed by atoms with E-state index in [-0.39, 0.29) is 5.69 Å². The van der Waals surface area contributed by atoms with Gasteiger partial charge in [0.2, 0.25) is 0 Å². The molecule has 5 nitrogen and oxygen atoms in total. The first-order valence-corrected chi connectivity index (χ1v) is 4.49. The van der Waals surface area contributed by atoms with Crippen LogP contribution in [0.4, 0.5) is 5.82 Å². The number of hydrogen-bond acceptors (Lipinski definition) is 3. The third-order valence-electron chi connectivity index (χ3n) is 2.13. The number of rotatable bonds is 2. The van der Waals surface area contributed by atoms with Crippen LogP contribution in [0.3, 0.4) is 0 Å². The van der Waals surface area contributed by atoms with Crippen molar-refractivity contribution in [3.63, 3.8) is 0 Å². The predicted molar refractivity (Wildman–Crippen MR) is 56.5 cm³/mol. The Morgan fingerprint density at radius 2 is 2.20 bits per heavy atom. The minimum atomic E-state index is -1.01. The van der Waals surface area contributed by atoms with Crippen molar-refractivity contribution in [2.24, 2.45) is 0 Å². The van der Waals surface area contributed by atoms with Gasteiger partial charge in [0.15, 0.2) is 5.69 Å². The molecule has 0 amide bonds. The van der Waals surface area contributed by atoms with Crippen molar-refractivity contribution < 1.29 is 9.90 Å². The van der Waals surface area contributed by atoms with Crippen molar-refractivity contribution in [2.75, 3.05) is 19.0 Å². The second kappa shape index (κ2) is 3.27. The third kappa shape index (κ3) is 1.41. The summed E-state index contributed by atoms with van der Waals surface area (Å²) in [7, 11) is 3.59. The fourth-order valence-corrected chi connectivity index (χ4v) is 1.55. The Kier molecular flexibility index (Phi) is 2.07. The normalized spacial score (nSPS) is 10.5. The quantitative estimate of drug-likeness (QED) is 0.797. The number of pyridine rings is 1. The maximum Gasteiger partial charge on any atom is 0.358 e. The molecule has 2 aromatic heterocycles. The summed E-state index contributed by atoms with van der Waals surface area (Å²) < 4.78 is 1.75. The largest absolute Gasteiger partial charge is 0.476 e. The molecule has 0 spiro atoms. The van der Waals surface area contributed by atoms with Gasteiger partial charge in [-0.05, 0) is 12.1 Å². The Morgan fingerprint density at radius 3 is 2.80 bits per heavy atom. The highest BCUT2D eigenvalue weighted by Gasteiger charge is 2.18. The van der Waals surface area contributed by atoms with Crippen molar-refractivity contribution in [1.82, 2.24) is 9.38 Å². The third-order valence-corrected chi connectivity index (χ3v) is 2.13. The SMILES string of the molecule is CN(C)c1c(C(=O)O)nc2ccccn12. The molecule has 0 bridgehead atoms. The number of carboxylic acids is 1. The lowest BCUT2D eigenvalue weighted by Crippen LogP contribution is -2.15. The molecule has 0 fully saturated rings. The maximum absolute atomic E-state index is 11.0. The summed E-state index contributed by atoms with van der Waals surface area (Å²) in [5.74, 6) is -0.430. The van der Waals surface area contributed by atoms with Crippen LogP contribution < -0.4 is 4.90 Å². The predicted octanol–water partition coefficient (Wildman–Crippen LogP) is 1.10. The molecule has 0 aliphatic rings. The fraction of sp³-hybridized carbons (Fsp3) is 0.200. The van der Waals surface area contributed by atoms with E-state index in [4.69, 9.17) is 5.11 Å². The number of hydrogen-bond donors (Lipinski definition) is 1. The maximum atomic E-state index is 11.0. The highest BCUT2D eigenvalue weighted by Crippen LogP contribution is 2.20. The molecule has 2 heterocycles. The monoisotopic (exact) mass is 205 g/mol. The van der Waals surface area contributed by atoms with Crippen LogP contribution in [0.25, 0.3) is 5.65 Å². The molecule has 78 valence electrons. The minimum absolute atomic E-state index is 0.0752. The molecule has 0 saturated heterocycles. The number of fused-ring (bicyclic) bond motifs is 1. The van der Waals surface area contributed by atoms with Crippen molar-refractivity contribution in [3.8, 4) is 0 Å². The first kappa shape index (κ1) is 9.51. The van der Waals surface area contributed by atoms with Crippen LogP contribution in [0.1, 0.15) is 10.5 Å². The summed E-state index contributed by atoms with van der Waals surface area (Å²) in [5, 5.41) is 9.01. The molecule has 15 heavy (non-hydrogen) atoms. The number of carboxylic acid groups (broad SMARTS) is 1. The number of aromatic carboxylic acids is 1. The Labute approximate surface area is 86.6 Å². The summed E-state index contributed by atoms with van der Waals surface area (Å²) in [6.07, 6.45) is 1.80. The van der Waals surface area contributed by atoms with Gasteiger partial charge in [-0.25, -0.2) is 9.78 Å². The van der Waals surface area contributed by atoms with E-state index >= 15 is 0 Å². The summed E-state index contributed by atoms with van der Waals surface area (Å²) >= 11 is 0. The van der Waals surface area contributed by atoms with Crippen LogP contribution in [0, 0.1) is 0 Å². The van der Waals surface area contributed by atoms with Gasteiger partial charge in [0.1, 0.15) is 11.5 Å². The van der Waals surface area contributed by atoms with E-state index in [9.17, 15) is 4.79 Å². The van der Waals surface area contributed by atoms with Crippen LogP contribution in [-0.4, -0.2) is 34.6 Å². The minimum Gasteiger partial charge on any atom is -0.476 e. The van der Waals surface area contributed by atoms with E-state index < -0.39 is 5.97 Å². The zero-order valence-electron chi connectivity index (χ0n) is 8.51. The van der Waals surface area contributed by atoms with E-state index in [1.807, 2.05) is 12.1 Å². The Balaban J connectivity index is 2.80. The van der Waals surface area contributed by atoms with Crippen LogP contribution in [0.5, 0.6) is 0 Å². The van der Waals surface area contributed by atoms with Gasteiger partial charge in [-0.2, -0.15) is 0 Å². The van der Waals surface area contributed by atoms with Gasteiger partial charge in [-0.15, -0.1) is 0 Å². The molecule has 0 aliphatic carbocycles. The van der Waals surface area contributed by atoms with Crippen LogP contribution >= 0.6 is 0 Å². The number of carbonyl (C=O) groups is 1. The molecule has 0 aromatic carbocycles. The summed E-state index contributed by atoms with van der Waals surface area (Å²) in [4.78, 5) is 16.8. The van der Waals surface area contributed by atoms with E-state index in [1.54, 1.807) is 35.7 Å². The van der Waals surface area contributed by atoms with Crippen LogP contribution in [0.15, 0.2) is 24.4 Å². The summed E-state index contributed by atoms with van der Waals surface area (Å²) in [5.41, 5.74) is 0.713. The standard InChI is InChI=1S/C10H11N3O2/c1-12(2)9-8(10(14)15)11-7-5-3-4-6-13(7)9/h3-6H,1-2H3,(H,14,15). The van der Waals surface area contributed by atoms with Gasteiger partial charge in [0.05, 0.1) is 0 Å². The lowest BCUT2D eigenvalue weighted by Gasteiger charge is -2.12. The first-order valence-electron chi connectivity index (χ1n) is 4.49. The number of imidazole rings is 1. The fourth-order valence-electron chi connectivity index (χ4n) is 1.55. The topological polar surface area (TPSA) is 57.8 Å². The van der Waals surface area contributed by atoms with E-state index in [2.05, 4.69) is 4.98 Å². The van der Waals surface area contributed by atoms with Gasteiger partial charge < -0.3 is 10.0 Å². The lowest BCUT2D eigenvalue weighted by molar-refractivity contribution is 0.0692. The molecule has 0 unspecified atom stereocenters. The van der Waals surface area contributed by atoms with Crippen molar-refractivity contribution >= 4 is 17.4 Å². The van der Waals surface area contributed by atoms with Crippen molar-refractivity contribution in [2.45, 2.75) is 0 Å². The highest BCUT2D eigenvalue weighted by molar-refractivity contribution is 5.92. The van der Waals surface area contributed by atoms with Crippen LogP contribution in [-0.2, 0) is 0 Å². The van der Waals surface area contributed by atoms with E-state index in [1.165, 1.54) is 0 Å². The molecule has 0 aliphatic heterocycles. The molecular formula is C10H11N3O2. The zero-order chi connectivity index (χ0) is 11.0. The van der Waals surface area contributed by atoms with Crippen molar-refractivity contribution in [3.05, 3.63) is 30.1 Å². The molecule has 5 heteroatoms. The van der Waals surface area contributed by atoms with E-state index in [0.29, 0.717) is 11.5 Å². The summed E-state index contributed by atoms with van der Waals surface area (Å²) in [6.45, 7) is 0. The Hall–Kier alpha value is -2.04. The molecule has 0 radical (unpaired) electrons. The molecule has 1 N–H and O–H groups in total. The molecule has 0 saturated carbocycles. The average molecular weight is 205 g/mol. The number of aromatic nitrogens is 2. The molecule has 2 aromatic rings. The van der Waals surface area contributed by atoms with Gasteiger partial charge in [0.25, 0.3) is 0 Å². The Morgan fingerprint density at radius 1 is 1.47 bits per heavy atom. The first-order chi connectivity index (χ1) is 7.11. The smallest absolute Gasteiger partial charge is 0.358 e. The van der Waals surface area contributed by atoms with Gasteiger partial charge >= 0.3 is 5.97 Å². The zero-order valence-corrected chi connectivity index (χ0v) is 8.51. The summed E-state index contributed by atoms with van der Waals surface area (Å²) in [6, 6.07) is 5.44. The molecule has 2 rings (SSSR count). The highest BCUT2D eigenvalue weighted by atomic mass is 16.4. The van der Waals surface area contributed by atoms with Gasteiger partial charge in [0, 0.05) is 20.3 Å². The molecule has 0 atom stereocenters. The van der Waals surface area contributed by atoms with Crippen molar-refractivity contribution in [1.29, 1.82) is 0 Å². The van der Waals surface area contributed by atoms with Crippen LogP contribution in [0.2, 0.25) is 0 Å². The Bertz CT molecular complexity index is 516. The number of anilines is 1. The lowest BCUT2D eigenvalue weighted by atomic mass is 10.4.